The Labute approximate surface area is 53.0 Å². The van der Waals surface area contributed by atoms with Crippen molar-refractivity contribution in [2.24, 2.45) is 5.92 Å². The molecule has 0 heterocycles. The first-order chi connectivity index (χ1) is 3.72. The van der Waals surface area contributed by atoms with E-state index in [2.05, 4.69) is 0 Å². The zero-order valence-electron chi connectivity index (χ0n) is 5.09. The predicted octanol–water partition coefficient (Wildman–Crippen LogP) is -0.204. The molecule has 0 aliphatic rings. The Kier molecular flexibility index (Phi) is 6.09. The molecule has 9 heavy (non-hydrogen) atoms. The van der Waals surface area contributed by atoms with Crippen molar-refractivity contribution in [2.45, 2.75) is 13.3 Å². The van der Waals surface area contributed by atoms with E-state index in [9.17, 15) is 4.79 Å². The molecule has 0 aromatic rings. The van der Waals surface area contributed by atoms with Gasteiger partial charge in [0.05, 0.1) is 6.07 Å². The molecule has 4 nitrogen and oxygen atoms in total. The monoisotopic (exact) mass is 131 g/mol. The second-order valence-electron chi connectivity index (χ2n) is 1.43. The molecule has 0 rings (SSSR count). The van der Waals surface area contributed by atoms with Crippen LogP contribution in [-0.4, -0.2) is 16.6 Å². The van der Waals surface area contributed by atoms with Crippen LogP contribution in [0.4, 0.5) is 0 Å². The van der Waals surface area contributed by atoms with Crippen LogP contribution in [0.3, 0.4) is 0 Å². The second kappa shape index (κ2) is 5.06. The number of carboxylic acid groups (broad SMARTS) is 1. The lowest BCUT2D eigenvalue weighted by Crippen LogP contribution is -2.09. The van der Waals surface area contributed by atoms with E-state index in [1.54, 1.807) is 13.0 Å². The first-order valence-corrected chi connectivity index (χ1v) is 2.34. The molecule has 0 spiro atoms. The van der Waals surface area contributed by atoms with Gasteiger partial charge in [-0.3, -0.25) is 4.79 Å². The summed E-state index contributed by atoms with van der Waals surface area (Å²) in [4.78, 5) is 9.94. The molecule has 1 atom stereocenters. The molecule has 0 bridgehead atoms. The minimum absolute atomic E-state index is 0. The predicted molar refractivity (Wildman–Crippen MR) is 30.6 cm³/mol. The topological polar surface area (TPSA) is 92.6 Å². The van der Waals surface area contributed by atoms with Gasteiger partial charge in [0.2, 0.25) is 0 Å². The molecule has 0 aliphatic carbocycles. The summed E-state index contributed by atoms with van der Waals surface area (Å²) in [7, 11) is 0. The molecule has 0 aromatic carbocycles. The maximum absolute atomic E-state index is 9.94. The minimum atomic E-state index is -1.03. The highest BCUT2D eigenvalue weighted by atomic mass is 16.4. The Balaban J connectivity index is 0. The smallest absolute Gasteiger partial charge is 0.320 e. The molecule has 52 valence electrons. The maximum Gasteiger partial charge on any atom is 0.320 e. The van der Waals surface area contributed by atoms with Crippen molar-refractivity contribution in [3.8, 4) is 6.07 Å². The van der Waals surface area contributed by atoms with Crippen LogP contribution in [-0.2, 0) is 4.79 Å². The molecule has 0 amide bonds. The van der Waals surface area contributed by atoms with Gasteiger partial charge in [-0.1, -0.05) is 6.92 Å². The van der Waals surface area contributed by atoms with Crippen LogP contribution in [0.25, 0.3) is 0 Å². The number of hydrogen-bond donors (Lipinski definition) is 1. The van der Waals surface area contributed by atoms with E-state index in [1.165, 1.54) is 0 Å². The summed E-state index contributed by atoms with van der Waals surface area (Å²) in [6.07, 6.45) is 0.381. The number of nitrogens with zero attached hydrogens (tertiary/aromatic N) is 1. The van der Waals surface area contributed by atoms with Crippen molar-refractivity contribution < 1.29 is 15.4 Å². The van der Waals surface area contributed by atoms with Crippen LogP contribution in [0.15, 0.2) is 0 Å². The van der Waals surface area contributed by atoms with Crippen LogP contribution in [0, 0.1) is 17.2 Å². The minimum Gasteiger partial charge on any atom is -0.480 e. The SMILES string of the molecule is CCC(C#N)C(=O)O.O. The molecule has 0 aromatic heterocycles. The van der Waals surface area contributed by atoms with Gasteiger partial charge >= 0.3 is 5.97 Å². The Morgan fingerprint density at radius 3 is 2.33 bits per heavy atom. The van der Waals surface area contributed by atoms with Crippen molar-refractivity contribution in [2.75, 3.05) is 0 Å². The van der Waals surface area contributed by atoms with Crippen LogP contribution >= 0.6 is 0 Å². The fourth-order valence-corrected chi connectivity index (χ4v) is 0.321. The van der Waals surface area contributed by atoms with E-state index in [1.807, 2.05) is 0 Å². The molecule has 3 N–H and O–H groups in total. The zero-order chi connectivity index (χ0) is 6.57. The van der Waals surface area contributed by atoms with E-state index in [0.717, 1.165) is 0 Å². The second-order valence-corrected chi connectivity index (χ2v) is 1.43. The lowest BCUT2D eigenvalue weighted by molar-refractivity contribution is -0.139. The molecular weight excluding hydrogens is 122 g/mol. The van der Waals surface area contributed by atoms with Gasteiger partial charge in [0.1, 0.15) is 5.92 Å². The Bertz CT molecular complexity index is 127. The summed E-state index contributed by atoms with van der Waals surface area (Å²) >= 11 is 0. The van der Waals surface area contributed by atoms with E-state index in [0.29, 0.717) is 6.42 Å². The average Bonchev–Trinajstić information content (AvgIpc) is 1.69. The normalized spacial score (nSPS) is 10.7. The fraction of sp³-hybridized carbons (Fsp3) is 0.600. The Morgan fingerprint density at radius 2 is 2.33 bits per heavy atom. The highest BCUT2D eigenvalue weighted by molar-refractivity contribution is 5.72. The lowest BCUT2D eigenvalue weighted by atomic mass is 10.1. The lowest BCUT2D eigenvalue weighted by Gasteiger charge is -1.93. The number of rotatable bonds is 2. The molecule has 0 saturated heterocycles. The number of carbonyl (C=O) groups is 1. The molecule has 0 aliphatic heterocycles. The summed E-state index contributed by atoms with van der Waals surface area (Å²) in [6, 6.07) is 1.65. The third-order valence-corrected chi connectivity index (χ3v) is 0.862. The molecule has 4 heteroatoms. The van der Waals surface area contributed by atoms with Gasteiger partial charge in [-0.05, 0) is 6.42 Å². The first-order valence-electron chi connectivity index (χ1n) is 2.34. The Morgan fingerprint density at radius 1 is 1.89 bits per heavy atom. The average molecular weight is 131 g/mol. The summed E-state index contributed by atoms with van der Waals surface area (Å²) in [5.74, 6) is -1.86. The number of hydrogen-bond acceptors (Lipinski definition) is 2. The largest absolute Gasteiger partial charge is 0.480 e. The van der Waals surface area contributed by atoms with Gasteiger partial charge in [0.25, 0.3) is 0 Å². The summed E-state index contributed by atoms with van der Waals surface area (Å²) in [5.41, 5.74) is 0. The van der Waals surface area contributed by atoms with Crippen molar-refractivity contribution >= 4 is 5.97 Å². The fourth-order valence-electron chi connectivity index (χ4n) is 0.321. The zero-order valence-corrected chi connectivity index (χ0v) is 5.09. The third-order valence-electron chi connectivity index (χ3n) is 0.862. The number of nitriles is 1. The molecule has 0 saturated carbocycles. The molecule has 1 unspecified atom stereocenters. The van der Waals surface area contributed by atoms with Crippen LogP contribution in [0.1, 0.15) is 13.3 Å². The van der Waals surface area contributed by atoms with E-state index in [4.69, 9.17) is 10.4 Å². The van der Waals surface area contributed by atoms with E-state index in [-0.39, 0.29) is 5.48 Å². The summed E-state index contributed by atoms with van der Waals surface area (Å²) in [5, 5.41) is 16.2. The van der Waals surface area contributed by atoms with Crippen LogP contribution in [0.5, 0.6) is 0 Å². The van der Waals surface area contributed by atoms with Gasteiger partial charge in [0.15, 0.2) is 0 Å². The van der Waals surface area contributed by atoms with Crippen molar-refractivity contribution in [1.29, 1.82) is 5.26 Å². The van der Waals surface area contributed by atoms with Gasteiger partial charge in [-0.15, -0.1) is 0 Å². The Hall–Kier alpha value is -1.08. The summed E-state index contributed by atoms with van der Waals surface area (Å²) in [6.45, 7) is 1.67. The van der Waals surface area contributed by atoms with Crippen molar-refractivity contribution in [3.05, 3.63) is 0 Å². The van der Waals surface area contributed by atoms with Crippen LogP contribution < -0.4 is 0 Å². The number of carboxylic acids is 1. The summed E-state index contributed by atoms with van der Waals surface area (Å²) < 4.78 is 0. The van der Waals surface area contributed by atoms with E-state index < -0.39 is 11.9 Å². The van der Waals surface area contributed by atoms with Crippen molar-refractivity contribution in [1.82, 2.24) is 0 Å². The molecule has 0 fully saturated rings. The number of aliphatic carboxylic acids is 1. The van der Waals surface area contributed by atoms with Gasteiger partial charge in [0, 0.05) is 0 Å². The van der Waals surface area contributed by atoms with Crippen LogP contribution in [0.2, 0.25) is 0 Å². The third kappa shape index (κ3) is 3.50. The van der Waals surface area contributed by atoms with E-state index >= 15 is 0 Å². The standard InChI is InChI=1S/C5H7NO2.H2O/c1-2-4(3-6)5(7)8;/h4H,2H2,1H3,(H,7,8);1H2. The molecule has 0 radical (unpaired) electrons. The van der Waals surface area contributed by atoms with Crippen molar-refractivity contribution in [3.63, 3.8) is 0 Å². The molecular formula is C5H9NO3. The van der Waals surface area contributed by atoms with Gasteiger partial charge in [-0.2, -0.15) is 5.26 Å². The highest BCUT2D eigenvalue weighted by Gasteiger charge is 2.11. The first kappa shape index (κ1) is 10.8. The quantitative estimate of drug-likeness (QED) is 0.562. The maximum atomic E-state index is 9.94. The highest BCUT2D eigenvalue weighted by Crippen LogP contribution is 1.98. The van der Waals surface area contributed by atoms with Gasteiger partial charge < -0.3 is 10.6 Å². The van der Waals surface area contributed by atoms with Gasteiger partial charge in [-0.25, -0.2) is 0 Å².